The van der Waals surface area contributed by atoms with Gasteiger partial charge in [0.25, 0.3) is 0 Å². The molecule has 3 rings (SSSR count). The van der Waals surface area contributed by atoms with E-state index in [9.17, 15) is 0 Å². The SMILES string of the molecule is CN=C(NCC(C)CN1CCCCC1)N1CCC(OCC2CCCCO2)CC1. The summed E-state index contributed by atoms with van der Waals surface area (Å²) in [5.41, 5.74) is 0. The molecule has 0 spiro atoms. The molecule has 3 heterocycles. The number of guanidine groups is 1. The van der Waals surface area contributed by atoms with Crippen molar-refractivity contribution in [1.29, 1.82) is 0 Å². The van der Waals surface area contributed by atoms with Crippen LogP contribution in [0, 0.1) is 5.92 Å². The molecule has 6 nitrogen and oxygen atoms in total. The Kier molecular flexibility index (Phi) is 9.35. The number of aliphatic imine (C=N–C) groups is 1. The molecule has 0 radical (unpaired) electrons. The molecule has 2 atom stereocenters. The number of hydrogen-bond acceptors (Lipinski definition) is 4. The third kappa shape index (κ3) is 7.20. The predicted octanol–water partition coefficient (Wildman–Crippen LogP) is 2.73. The van der Waals surface area contributed by atoms with Gasteiger partial charge in [0.05, 0.1) is 18.8 Å². The maximum atomic E-state index is 6.15. The molecule has 2 unspecified atom stereocenters. The normalized spacial score (nSPS) is 27.0. The Bertz CT molecular complexity index is 453. The first-order valence-corrected chi connectivity index (χ1v) is 11.7. The van der Waals surface area contributed by atoms with Crippen molar-refractivity contribution in [3.63, 3.8) is 0 Å². The van der Waals surface area contributed by atoms with Crippen LogP contribution in [0.1, 0.15) is 58.3 Å². The van der Waals surface area contributed by atoms with Crippen molar-refractivity contribution in [1.82, 2.24) is 15.1 Å². The van der Waals surface area contributed by atoms with Gasteiger partial charge in [-0.05, 0) is 64.0 Å². The standard InChI is InChI=1S/C22H42N4O2/c1-19(17-25-11-5-3-6-12-25)16-24-22(23-2)26-13-9-20(10-14-26)28-18-21-8-4-7-15-27-21/h19-21H,3-18H2,1-2H3,(H,23,24). The van der Waals surface area contributed by atoms with Crippen LogP contribution in [0.15, 0.2) is 4.99 Å². The molecule has 3 aliphatic rings. The molecule has 0 aliphatic carbocycles. The molecule has 1 N–H and O–H groups in total. The van der Waals surface area contributed by atoms with Crippen molar-refractivity contribution >= 4 is 5.96 Å². The molecule has 162 valence electrons. The molecule has 3 aliphatic heterocycles. The molecule has 0 aromatic heterocycles. The molecule has 6 heteroatoms. The van der Waals surface area contributed by atoms with Crippen molar-refractivity contribution in [2.45, 2.75) is 70.5 Å². The highest BCUT2D eigenvalue weighted by Gasteiger charge is 2.24. The molecule has 0 saturated carbocycles. The summed E-state index contributed by atoms with van der Waals surface area (Å²) in [7, 11) is 1.90. The second-order valence-electron chi connectivity index (χ2n) is 8.90. The first-order chi connectivity index (χ1) is 13.7. The van der Waals surface area contributed by atoms with E-state index >= 15 is 0 Å². The van der Waals surface area contributed by atoms with Gasteiger partial charge in [-0.3, -0.25) is 4.99 Å². The van der Waals surface area contributed by atoms with E-state index in [0.717, 1.165) is 58.1 Å². The number of rotatable bonds is 7. The third-order valence-electron chi connectivity index (χ3n) is 6.37. The second-order valence-corrected chi connectivity index (χ2v) is 8.90. The Morgan fingerprint density at radius 1 is 1.07 bits per heavy atom. The van der Waals surface area contributed by atoms with Gasteiger partial charge in [-0.1, -0.05) is 13.3 Å². The van der Waals surface area contributed by atoms with Gasteiger partial charge in [-0.25, -0.2) is 0 Å². The van der Waals surface area contributed by atoms with Crippen molar-refractivity contribution in [3.8, 4) is 0 Å². The number of nitrogens with zero attached hydrogens (tertiary/aromatic N) is 3. The van der Waals surface area contributed by atoms with E-state index in [1.54, 1.807) is 0 Å². The highest BCUT2D eigenvalue weighted by molar-refractivity contribution is 5.79. The van der Waals surface area contributed by atoms with Crippen LogP contribution < -0.4 is 5.32 Å². The lowest BCUT2D eigenvalue weighted by Gasteiger charge is -2.35. The van der Waals surface area contributed by atoms with E-state index in [4.69, 9.17) is 9.47 Å². The Balaban J connectivity index is 1.31. The van der Waals surface area contributed by atoms with E-state index in [-0.39, 0.29) is 0 Å². The summed E-state index contributed by atoms with van der Waals surface area (Å²) >= 11 is 0. The van der Waals surface area contributed by atoms with Gasteiger partial charge in [0.15, 0.2) is 5.96 Å². The number of hydrogen-bond donors (Lipinski definition) is 1. The number of piperidine rings is 2. The van der Waals surface area contributed by atoms with Gasteiger partial charge in [-0.15, -0.1) is 0 Å². The Morgan fingerprint density at radius 3 is 2.54 bits per heavy atom. The van der Waals surface area contributed by atoms with Crippen LogP contribution in [0.4, 0.5) is 0 Å². The molecule has 0 aromatic carbocycles. The average molecular weight is 395 g/mol. The number of ether oxygens (including phenoxy) is 2. The number of likely N-dealkylation sites (tertiary alicyclic amines) is 2. The maximum Gasteiger partial charge on any atom is 0.193 e. The van der Waals surface area contributed by atoms with Gasteiger partial charge in [0.2, 0.25) is 0 Å². The monoisotopic (exact) mass is 394 g/mol. The molecule has 3 saturated heterocycles. The summed E-state index contributed by atoms with van der Waals surface area (Å²) in [5.74, 6) is 1.70. The van der Waals surface area contributed by atoms with Gasteiger partial charge >= 0.3 is 0 Å². The zero-order chi connectivity index (χ0) is 19.6. The first-order valence-electron chi connectivity index (χ1n) is 11.7. The van der Waals surface area contributed by atoms with Crippen molar-refractivity contribution < 1.29 is 9.47 Å². The predicted molar refractivity (Wildman–Crippen MR) is 115 cm³/mol. The summed E-state index contributed by atoms with van der Waals surface area (Å²) < 4.78 is 11.9. The lowest BCUT2D eigenvalue weighted by Crippen LogP contribution is -2.48. The fraction of sp³-hybridized carbons (Fsp3) is 0.955. The average Bonchev–Trinajstić information content (AvgIpc) is 2.75. The minimum absolute atomic E-state index is 0.322. The van der Waals surface area contributed by atoms with E-state index < -0.39 is 0 Å². The van der Waals surface area contributed by atoms with E-state index in [0.29, 0.717) is 18.1 Å². The topological polar surface area (TPSA) is 49.3 Å². The van der Waals surface area contributed by atoms with E-state index in [2.05, 4.69) is 27.0 Å². The summed E-state index contributed by atoms with van der Waals surface area (Å²) in [6, 6.07) is 0. The smallest absolute Gasteiger partial charge is 0.193 e. The molecule has 0 amide bonds. The zero-order valence-electron chi connectivity index (χ0n) is 18.2. The van der Waals surface area contributed by atoms with Gasteiger partial charge < -0.3 is 24.6 Å². The second kappa shape index (κ2) is 12.0. The lowest BCUT2D eigenvalue weighted by molar-refractivity contribution is -0.0721. The third-order valence-corrected chi connectivity index (χ3v) is 6.37. The largest absolute Gasteiger partial charge is 0.376 e. The molecule has 0 aromatic rings. The molecule has 28 heavy (non-hydrogen) atoms. The van der Waals surface area contributed by atoms with Gasteiger partial charge in [-0.2, -0.15) is 0 Å². The molecule has 3 fully saturated rings. The van der Waals surface area contributed by atoms with E-state index in [1.807, 2.05) is 7.05 Å². The fourth-order valence-corrected chi connectivity index (χ4v) is 4.66. The quantitative estimate of drug-likeness (QED) is 0.531. The highest BCUT2D eigenvalue weighted by Crippen LogP contribution is 2.18. The lowest BCUT2D eigenvalue weighted by atomic mass is 10.1. The Morgan fingerprint density at radius 2 is 1.86 bits per heavy atom. The summed E-state index contributed by atoms with van der Waals surface area (Å²) in [6.07, 6.45) is 10.6. The zero-order valence-corrected chi connectivity index (χ0v) is 18.2. The Labute approximate surface area is 172 Å². The summed E-state index contributed by atoms with van der Waals surface area (Å²) in [5, 5.41) is 3.62. The van der Waals surface area contributed by atoms with Gasteiger partial charge in [0.1, 0.15) is 0 Å². The Hall–Kier alpha value is -0.850. The van der Waals surface area contributed by atoms with Crippen LogP contribution in [-0.2, 0) is 9.47 Å². The number of nitrogens with one attached hydrogen (secondary N) is 1. The van der Waals surface area contributed by atoms with Crippen LogP contribution in [0.25, 0.3) is 0 Å². The molecular formula is C22H42N4O2. The van der Waals surface area contributed by atoms with Crippen LogP contribution >= 0.6 is 0 Å². The van der Waals surface area contributed by atoms with Crippen LogP contribution in [0.2, 0.25) is 0 Å². The minimum atomic E-state index is 0.322. The van der Waals surface area contributed by atoms with Crippen LogP contribution in [-0.4, -0.2) is 87.5 Å². The van der Waals surface area contributed by atoms with Crippen LogP contribution in [0.3, 0.4) is 0 Å². The maximum absolute atomic E-state index is 6.15. The molecule has 0 bridgehead atoms. The van der Waals surface area contributed by atoms with Gasteiger partial charge in [0, 0.05) is 39.8 Å². The summed E-state index contributed by atoms with van der Waals surface area (Å²) in [6.45, 7) is 10.8. The van der Waals surface area contributed by atoms with Crippen molar-refractivity contribution in [2.75, 3.05) is 59.5 Å². The minimum Gasteiger partial charge on any atom is -0.376 e. The van der Waals surface area contributed by atoms with Crippen molar-refractivity contribution in [3.05, 3.63) is 0 Å². The van der Waals surface area contributed by atoms with Crippen molar-refractivity contribution in [2.24, 2.45) is 10.9 Å². The van der Waals surface area contributed by atoms with E-state index in [1.165, 1.54) is 51.7 Å². The highest BCUT2D eigenvalue weighted by atomic mass is 16.5. The van der Waals surface area contributed by atoms with Crippen LogP contribution in [0.5, 0.6) is 0 Å². The fourth-order valence-electron chi connectivity index (χ4n) is 4.66. The molecular weight excluding hydrogens is 352 g/mol. The summed E-state index contributed by atoms with van der Waals surface area (Å²) in [4.78, 5) is 9.55. The first kappa shape index (κ1) is 21.8.